The van der Waals surface area contributed by atoms with Crippen LogP contribution in [-0.2, 0) is 18.9 Å². The van der Waals surface area contributed by atoms with Crippen molar-refractivity contribution in [1.82, 2.24) is 19.5 Å². The fourth-order valence-corrected chi connectivity index (χ4v) is 4.74. The van der Waals surface area contributed by atoms with Crippen LogP contribution in [0.5, 0.6) is 0 Å². The second kappa shape index (κ2) is 12.1. The molecule has 1 saturated heterocycles. The van der Waals surface area contributed by atoms with Crippen molar-refractivity contribution in [3.63, 3.8) is 0 Å². The van der Waals surface area contributed by atoms with Crippen LogP contribution in [-0.4, -0.2) is 62.3 Å². The third-order valence-electron chi connectivity index (χ3n) is 6.84. The Morgan fingerprint density at radius 2 is 1.26 bits per heavy atom. The number of nitrogens with zero attached hydrogens (tertiary/aromatic N) is 4. The molecule has 2 N–H and O–H groups in total. The van der Waals surface area contributed by atoms with Crippen molar-refractivity contribution >= 4 is 34.9 Å². The molecule has 2 aromatic heterocycles. The maximum absolute atomic E-state index is 13.3. The number of nitrogens with two attached hydrogens (primary N) is 1. The smallest absolute Gasteiger partial charge is 0.338 e. The average molecular weight is 580 g/mol. The number of ether oxygens (including phenoxy) is 4. The van der Waals surface area contributed by atoms with E-state index < -0.39 is 42.4 Å². The highest BCUT2D eigenvalue weighted by Gasteiger charge is 2.51. The molecule has 1 fully saturated rings. The molecule has 43 heavy (non-hydrogen) atoms. The van der Waals surface area contributed by atoms with Crippen LogP contribution in [0.15, 0.2) is 104 Å². The summed E-state index contributed by atoms with van der Waals surface area (Å²) in [5.74, 6) is -1.83. The molecule has 6 rings (SSSR count). The summed E-state index contributed by atoms with van der Waals surface area (Å²) in [6, 6.07) is 25.1. The van der Waals surface area contributed by atoms with E-state index in [0.29, 0.717) is 16.7 Å². The summed E-state index contributed by atoms with van der Waals surface area (Å²) >= 11 is 0. The Morgan fingerprint density at radius 1 is 0.721 bits per heavy atom. The van der Waals surface area contributed by atoms with Crippen LogP contribution in [0, 0.1) is 0 Å². The first-order valence-electron chi connectivity index (χ1n) is 13.3. The van der Waals surface area contributed by atoms with Gasteiger partial charge in [-0.2, -0.15) is 0 Å². The number of carbonyl (C=O) groups excluding carboxylic acids is 3. The molecule has 0 aliphatic carbocycles. The predicted molar refractivity (Wildman–Crippen MR) is 152 cm³/mol. The van der Waals surface area contributed by atoms with Gasteiger partial charge in [-0.1, -0.05) is 54.6 Å². The van der Waals surface area contributed by atoms with E-state index in [-0.39, 0.29) is 23.6 Å². The number of rotatable bonds is 8. The molecule has 1 aliphatic rings. The number of carbonyl (C=O) groups is 3. The van der Waals surface area contributed by atoms with Gasteiger partial charge in [-0.3, -0.25) is 4.57 Å². The lowest BCUT2D eigenvalue weighted by Gasteiger charge is -2.25. The van der Waals surface area contributed by atoms with Crippen molar-refractivity contribution in [3.05, 3.63) is 120 Å². The molecule has 3 aromatic carbocycles. The summed E-state index contributed by atoms with van der Waals surface area (Å²) in [6.07, 6.45) is -1.88. The van der Waals surface area contributed by atoms with Crippen LogP contribution in [0.1, 0.15) is 37.3 Å². The summed E-state index contributed by atoms with van der Waals surface area (Å²) in [5, 5.41) is 0. The monoisotopic (exact) mass is 579 g/mol. The van der Waals surface area contributed by atoms with E-state index in [2.05, 4.69) is 15.0 Å². The maximum atomic E-state index is 13.3. The lowest BCUT2D eigenvalue weighted by Crippen LogP contribution is -2.41. The molecule has 5 aromatic rings. The zero-order chi connectivity index (χ0) is 29.8. The highest BCUT2D eigenvalue weighted by Crippen LogP contribution is 2.37. The third kappa shape index (κ3) is 5.76. The largest absolute Gasteiger partial charge is 0.459 e. The number of nitrogen functional groups attached to an aromatic ring is 1. The number of aromatic nitrogens is 4. The van der Waals surface area contributed by atoms with Crippen LogP contribution in [0.25, 0.3) is 11.2 Å². The molecule has 216 valence electrons. The van der Waals surface area contributed by atoms with Crippen LogP contribution in [0.3, 0.4) is 0 Å². The van der Waals surface area contributed by atoms with Gasteiger partial charge in [-0.05, 0) is 36.4 Å². The summed E-state index contributed by atoms with van der Waals surface area (Å²) in [4.78, 5) is 52.0. The van der Waals surface area contributed by atoms with Gasteiger partial charge in [0.15, 0.2) is 29.9 Å². The Bertz CT molecular complexity index is 1750. The molecule has 0 bridgehead atoms. The van der Waals surface area contributed by atoms with E-state index in [1.54, 1.807) is 91.0 Å². The molecular weight excluding hydrogens is 554 g/mol. The molecule has 12 nitrogen and oxygen atoms in total. The Balaban J connectivity index is 1.37. The van der Waals surface area contributed by atoms with Gasteiger partial charge < -0.3 is 24.7 Å². The van der Waals surface area contributed by atoms with Crippen molar-refractivity contribution in [2.75, 3.05) is 12.3 Å². The lowest BCUT2D eigenvalue weighted by atomic mass is 10.1. The van der Waals surface area contributed by atoms with Gasteiger partial charge in [-0.25, -0.2) is 29.3 Å². The number of benzene rings is 3. The topological polar surface area (TPSA) is 158 Å². The van der Waals surface area contributed by atoms with Gasteiger partial charge in [0, 0.05) is 0 Å². The lowest BCUT2D eigenvalue weighted by molar-refractivity contribution is -0.0606. The first-order chi connectivity index (χ1) is 21.0. The van der Waals surface area contributed by atoms with Gasteiger partial charge in [0.05, 0.1) is 23.0 Å². The van der Waals surface area contributed by atoms with Crippen molar-refractivity contribution in [2.24, 2.45) is 0 Å². The van der Waals surface area contributed by atoms with Crippen LogP contribution < -0.4 is 5.73 Å². The van der Waals surface area contributed by atoms with E-state index in [0.717, 1.165) is 0 Å². The van der Waals surface area contributed by atoms with Gasteiger partial charge in [0.1, 0.15) is 24.6 Å². The molecule has 1 aliphatic heterocycles. The minimum absolute atomic E-state index is 0.139. The standard InChI is InChI=1S/C31H25N5O7/c32-26-23-27(34-17-33-26)36(18-35-23)28-25(43-31(39)21-14-8-3-9-15-21)24(42-30(38)20-12-6-2-7-13-20)22(41-28)16-40-29(37)19-10-4-1-5-11-19/h1-15,17-18,22,24-25,28H,16H2,(H2,32,33,34)/t22-,24?,25?,28-/m0/s1. The van der Waals surface area contributed by atoms with E-state index in [1.165, 1.54) is 17.2 Å². The molecular formula is C31H25N5O7. The molecule has 0 amide bonds. The van der Waals surface area contributed by atoms with Crippen LogP contribution in [0.4, 0.5) is 5.82 Å². The first kappa shape index (κ1) is 27.5. The molecule has 4 atom stereocenters. The fraction of sp³-hybridized carbons (Fsp3) is 0.161. The molecule has 0 radical (unpaired) electrons. The predicted octanol–water partition coefficient (Wildman–Crippen LogP) is 3.61. The van der Waals surface area contributed by atoms with Gasteiger partial charge in [-0.15, -0.1) is 0 Å². The molecule has 12 heteroatoms. The zero-order valence-electron chi connectivity index (χ0n) is 22.6. The van der Waals surface area contributed by atoms with E-state index >= 15 is 0 Å². The number of hydrogen-bond donors (Lipinski definition) is 1. The molecule has 2 unspecified atom stereocenters. The Labute approximate surface area is 245 Å². The van der Waals surface area contributed by atoms with Crippen molar-refractivity contribution in [3.8, 4) is 0 Å². The molecule has 3 heterocycles. The minimum Gasteiger partial charge on any atom is -0.459 e. The van der Waals surface area contributed by atoms with Crippen molar-refractivity contribution < 1.29 is 33.3 Å². The number of imidazole rings is 1. The highest BCUT2D eigenvalue weighted by molar-refractivity contribution is 5.91. The normalized spacial score (nSPS) is 19.5. The Morgan fingerprint density at radius 3 is 1.84 bits per heavy atom. The number of esters is 3. The minimum atomic E-state index is -1.21. The van der Waals surface area contributed by atoms with Crippen LogP contribution >= 0.6 is 0 Å². The van der Waals surface area contributed by atoms with Gasteiger partial charge >= 0.3 is 17.9 Å². The van der Waals surface area contributed by atoms with E-state index in [1.807, 2.05) is 0 Å². The van der Waals surface area contributed by atoms with Crippen molar-refractivity contribution in [2.45, 2.75) is 24.5 Å². The molecule has 0 spiro atoms. The summed E-state index contributed by atoms with van der Waals surface area (Å²) in [6.45, 7) is -0.319. The zero-order valence-corrected chi connectivity index (χ0v) is 22.6. The first-order valence-corrected chi connectivity index (χ1v) is 13.3. The quantitative estimate of drug-likeness (QED) is 0.211. The Hall–Kier alpha value is -5.62. The molecule has 0 saturated carbocycles. The van der Waals surface area contributed by atoms with Gasteiger partial charge in [0.25, 0.3) is 0 Å². The number of hydrogen-bond acceptors (Lipinski definition) is 11. The van der Waals surface area contributed by atoms with Crippen LogP contribution in [0.2, 0.25) is 0 Å². The summed E-state index contributed by atoms with van der Waals surface area (Å²) < 4.78 is 25.3. The van der Waals surface area contributed by atoms with Gasteiger partial charge in [0.2, 0.25) is 0 Å². The summed E-state index contributed by atoms with van der Waals surface area (Å²) in [5.41, 5.74) is 7.48. The second-order valence-corrected chi connectivity index (χ2v) is 9.58. The third-order valence-corrected chi connectivity index (χ3v) is 6.84. The van der Waals surface area contributed by atoms with Crippen molar-refractivity contribution in [1.29, 1.82) is 0 Å². The summed E-state index contributed by atoms with van der Waals surface area (Å²) in [7, 11) is 0. The number of anilines is 1. The van der Waals surface area contributed by atoms with E-state index in [9.17, 15) is 14.4 Å². The maximum Gasteiger partial charge on any atom is 0.338 e. The number of fused-ring (bicyclic) bond motifs is 1. The fourth-order valence-electron chi connectivity index (χ4n) is 4.74. The second-order valence-electron chi connectivity index (χ2n) is 9.58. The SMILES string of the molecule is Nc1ncnc2c1ncn2[C@H]1O[C@@H](COC(=O)c2ccccc2)C(OC(=O)c2ccccc2)C1OC(=O)c1ccccc1. The highest BCUT2D eigenvalue weighted by atomic mass is 16.7. The Kier molecular flexibility index (Phi) is 7.74. The average Bonchev–Trinajstić information content (AvgIpc) is 3.63. The van der Waals surface area contributed by atoms with E-state index in [4.69, 9.17) is 24.7 Å².